The molecule has 9 rings (SSSR count). The predicted octanol–water partition coefficient (Wildman–Crippen LogP) is 10.0. The first kappa shape index (κ1) is 24.2. The fourth-order valence-corrected chi connectivity index (χ4v) is 6.53. The van der Waals surface area contributed by atoms with Crippen LogP contribution in [-0.4, -0.2) is 9.13 Å². The van der Waals surface area contributed by atoms with E-state index < -0.39 is 0 Å². The highest BCUT2D eigenvalue weighted by atomic mass is 15.0. The van der Waals surface area contributed by atoms with Crippen molar-refractivity contribution in [3.05, 3.63) is 170 Å². The Morgan fingerprint density at radius 2 is 1.14 bits per heavy atom. The van der Waals surface area contributed by atoms with E-state index in [0.717, 1.165) is 66.5 Å². The smallest absolute Gasteiger partial charge is 0.105 e. The van der Waals surface area contributed by atoms with Crippen LogP contribution in [0.1, 0.15) is 0 Å². The minimum absolute atomic E-state index is 0.946. The molecule has 7 aromatic carbocycles. The molecule has 200 valence electrons. The maximum atomic E-state index is 3.48. The molecule has 2 heterocycles. The monoisotopic (exact) mass is 554 g/mol. The van der Waals surface area contributed by atoms with Gasteiger partial charge in [-0.15, -0.1) is 0 Å². The molecule has 0 amide bonds. The Balaban J connectivity index is 1.11. The van der Waals surface area contributed by atoms with Crippen molar-refractivity contribution in [3.63, 3.8) is 0 Å². The molecule has 0 aliphatic rings. The molecule has 0 aliphatic heterocycles. The Bertz CT molecular complexity index is 2190. The largest absolute Gasteiger partial charge is 0.302 e. The highest BCUT2D eigenvalue weighted by Gasteiger charge is 2.14. The van der Waals surface area contributed by atoms with Crippen LogP contribution in [0.15, 0.2) is 133 Å². The van der Waals surface area contributed by atoms with E-state index >= 15 is 0 Å². The zero-order valence-electron chi connectivity index (χ0n) is 23.6. The zero-order valence-corrected chi connectivity index (χ0v) is 23.6. The second-order valence-electron chi connectivity index (χ2n) is 10.9. The van der Waals surface area contributed by atoms with Gasteiger partial charge >= 0.3 is 0 Å². The third kappa shape index (κ3) is 3.61. The van der Waals surface area contributed by atoms with Gasteiger partial charge < -0.3 is 9.13 Å². The molecule has 0 fully saturated rings. The average Bonchev–Trinajstić information content (AvgIpc) is 3.62. The van der Waals surface area contributed by atoms with Crippen molar-refractivity contribution in [3.8, 4) is 33.6 Å². The summed E-state index contributed by atoms with van der Waals surface area (Å²) in [6, 6.07) is 66.4. The van der Waals surface area contributed by atoms with Crippen LogP contribution in [0.25, 0.3) is 77.2 Å². The van der Waals surface area contributed by atoms with E-state index in [4.69, 9.17) is 0 Å². The van der Waals surface area contributed by atoms with Crippen molar-refractivity contribution >= 4 is 43.6 Å². The lowest BCUT2D eigenvalue weighted by molar-refractivity contribution is 1.18. The molecule has 0 N–H and O–H groups in total. The molecule has 0 atom stereocenters. The standard InChI is InChI=1S/C42H22N2/c1-2-12-34(30-23-27-32(28-24-30)44-41-19-9-5-15-37(41)38-16-6-10-20-42(38)44)33(11-1)29-21-25-31(26-22-29)43-39-17-7-3-13-35(39)36-14-4-8-18-40(36)43/h1-5,7,9-15,17,19-23,25-27H. The summed E-state index contributed by atoms with van der Waals surface area (Å²) in [6.45, 7) is 0. The molecule has 0 aliphatic carbocycles. The molecule has 9 aromatic rings. The maximum Gasteiger partial charge on any atom is 0.105 e. The molecular formula is C42H22N2. The summed E-state index contributed by atoms with van der Waals surface area (Å²) in [5.74, 6) is 0. The van der Waals surface area contributed by atoms with Crippen LogP contribution in [0.3, 0.4) is 0 Å². The normalized spacial score (nSPS) is 11.1. The van der Waals surface area contributed by atoms with Crippen molar-refractivity contribution in [1.82, 2.24) is 9.13 Å². The molecular weight excluding hydrogens is 532 g/mol. The molecule has 0 spiro atoms. The highest BCUT2D eigenvalue weighted by molar-refractivity contribution is 6.09. The Morgan fingerprint density at radius 1 is 0.432 bits per heavy atom. The van der Waals surface area contributed by atoms with Crippen molar-refractivity contribution < 1.29 is 0 Å². The van der Waals surface area contributed by atoms with Gasteiger partial charge in [0.1, 0.15) is 5.52 Å². The van der Waals surface area contributed by atoms with Crippen LogP contribution in [0.5, 0.6) is 0 Å². The van der Waals surface area contributed by atoms with E-state index in [9.17, 15) is 0 Å². The van der Waals surface area contributed by atoms with Crippen LogP contribution in [-0.2, 0) is 0 Å². The topological polar surface area (TPSA) is 9.86 Å². The van der Waals surface area contributed by atoms with Crippen LogP contribution in [0.2, 0.25) is 0 Å². The summed E-state index contributed by atoms with van der Waals surface area (Å²) in [5.41, 5.74) is 10.9. The van der Waals surface area contributed by atoms with E-state index in [1.165, 1.54) is 10.8 Å². The van der Waals surface area contributed by atoms with Gasteiger partial charge in [0.25, 0.3) is 0 Å². The van der Waals surface area contributed by atoms with Crippen LogP contribution in [0, 0.1) is 36.4 Å². The molecule has 2 aromatic heterocycles. The Kier molecular flexibility index (Phi) is 5.27. The van der Waals surface area contributed by atoms with Gasteiger partial charge in [0.15, 0.2) is 0 Å². The highest BCUT2D eigenvalue weighted by Crippen LogP contribution is 2.35. The van der Waals surface area contributed by atoms with Gasteiger partial charge in [-0.05, 0) is 89.5 Å². The fourth-order valence-electron chi connectivity index (χ4n) is 6.53. The number of rotatable bonds is 4. The number of benzene rings is 4. The molecule has 0 bridgehead atoms. The summed E-state index contributed by atoms with van der Waals surface area (Å²) >= 11 is 0. The van der Waals surface area contributed by atoms with Gasteiger partial charge in [-0.2, -0.15) is 0 Å². The summed E-state index contributed by atoms with van der Waals surface area (Å²) in [4.78, 5) is 0. The number of hydrogen-bond donors (Lipinski definition) is 0. The molecule has 0 unspecified atom stereocenters. The quantitative estimate of drug-likeness (QED) is 0.205. The maximum absolute atomic E-state index is 3.48. The number of fused-ring (bicyclic) bond motifs is 6. The lowest BCUT2D eigenvalue weighted by Crippen LogP contribution is -1.94. The number of aromatic nitrogens is 2. The third-order valence-corrected chi connectivity index (χ3v) is 8.50. The van der Waals surface area contributed by atoms with Gasteiger partial charge in [0.05, 0.1) is 27.6 Å². The Labute approximate surface area is 255 Å². The molecule has 0 saturated carbocycles. The van der Waals surface area contributed by atoms with E-state index in [2.05, 4.69) is 167 Å². The second kappa shape index (κ2) is 9.58. The fraction of sp³-hybridized carbons (Fsp3) is 0. The summed E-state index contributed by atoms with van der Waals surface area (Å²) < 4.78 is 4.49. The van der Waals surface area contributed by atoms with E-state index in [0.29, 0.717) is 0 Å². The van der Waals surface area contributed by atoms with Gasteiger partial charge in [0, 0.05) is 27.4 Å². The van der Waals surface area contributed by atoms with Crippen molar-refractivity contribution in [1.29, 1.82) is 0 Å². The van der Waals surface area contributed by atoms with E-state index in [1.807, 2.05) is 12.1 Å². The molecule has 2 heteroatoms. The molecule has 44 heavy (non-hydrogen) atoms. The third-order valence-electron chi connectivity index (χ3n) is 8.50. The molecule has 2 nitrogen and oxygen atoms in total. The lowest BCUT2D eigenvalue weighted by Gasteiger charge is -2.12. The number of nitrogens with zero attached hydrogens (tertiary/aromatic N) is 2. The van der Waals surface area contributed by atoms with Gasteiger partial charge in [-0.25, -0.2) is 0 Å². The summed E-state index contributed by atoms with van der Waals surface area (Å²) in [5, 5.41) is 4.62. The minimum atomic E-state index is 0.946. The van der Waals surface area contributed by atoms with Gasteiger partial charge in [-0.3, -0.25) is 0 Å². The van der Waals surface area contributed by atoms with Crippen molar-refractivity contribution in [2.45, 2.75) is 0 Å². The average molecular weight is 555 g/mol. The Morgan fingerprint density at radius 3 is 1.95 bits per heavy atom. The van der Waals surface area contributed by atoms with Crippen LogP contribution < -0.4 is 0 Å². The first-order chi connectivity index (χ1) is 21.8. The predicted molar refractivity (Wildman–Crippen MR) is 179 cm³/mol. The van der Waals surface area contributed by atoms with Gasteiger partial charge in [0.2, 0.25) is 0 Å². The van der Waals surface area contributed by atoms with E-state index in [1.54, 1.807) is 0 Å². The summed E-state index contributed by atoms with van der Waals surface area (Å²) in [7, 11) is 0. The van der Waals surface area contributed by atoms with Gasteiger partial charge in [-0.1, -0.05) is 97.1 Å². The first-order valence-corrected chi connectivity index (χ1v) is 14.6. The summed E-state index contributed by atoms with van der Waals surface area (Å²) in [6.07, 6.45) is 0. The van der Waals surface area contributed by atoms with Crippen LogP contribution in [0.4, 0.5) is 0 Å². The zero-order chi connectivity index (χ0) is 29.0. The SMILES string of the molecule is c1ccc2c3ccccc3n(-c3ccc(-c4ccccc4-c4c#cc(-n5c6ccc#cc6c6ccccc65)cc4)cc3)c2c#1. The van der Waals surface area contributed by atoms with E-state index in [-0.39, 0.29) is 0 Å². The Hall–Kier alpha value is -6.40. The number of hydrogen-bond acceptors (Lipinski definition) is 0. The van der Waals surface area contributed by atoms with Crippen molar-refractivity contribution in [2.75, 3.05) is 0 Å². The second-order valence-corrected chi connectivity index (χ2v) is 10.9. The lowest BCUT2D eigenvalue weighted by atomic mass is 9.95. The molecule has 0 saturated heterocycles. The van der Waals surface area contributed by atoms with Crippen molar-refractivity contribution in [2.24, 2.45) is 0 Å². The first-order valence-electron chi connectivity index (χ1n) is 14.6. The molecule has 0 radical (unpaired) electrons. The van der Waals surface area contributed by atoms with Crippen LogP contribution >= 0.6 is 0 Å². The minimum Gasteiger partial charge on any atom is -0.302 e. The number of para-hydroxylation sites is 2.